The van der Waals surface area contributed by atoms with Crippen molar-refractivity contribution in [2.75, 3.05) is 25.1 Å². The molecule has 1 aliphatic carbocycles. The third-order valence-corrected chi connectivity index (χ3v) is 7.39. The van der Waals surface area contributed by atoms with Crippen LogP contribution < -0.4 is 10.2 Å². The van der Waals surface area contributed by atoms with E-state index >= 15 is 0 Å². The number of nitrogens with one attached hydrogen (secondary N) is 2. The summed E-state index contributed by atoms with van der Waals surface area (Å²) in [4.78, 5) is 22.3. The molecule has 9 nitrogen and oxygen atoms in total. The predicted octanol–water partition coefficient (Wildman–Crippen LogP) is 3.46. The van der Waals surface area contributed by atoms with E-state index in [-0.39, 0.29) is 19.1 Å². The molecule has 1 saturated carbocycles. The molecule has 4 heterocycles. The number of amides is 1. The van der Waals surface area contributed by atoms with Crippen LogP contribution in [0.3, 0.4) is 0 Å². The summed E-state index contributed by atoms with van der Waals surface area (Å²) in [7, 11) is 1.53. The molecule has 0 radical (unpaired) electrons. The number of halogens is 2. The molecule has 3 aromatic heterocycles. The van der Waals surface area contributed by atoms with Gasteiger partial charge in [-0.3, -0.25) is 14.5 Å². The smallest absolute Gasteiger partial charge is 0.258 e. The molecule has 0 bridgehead atoms. The zero-order valence-corrected chi connectivity index (χ0v) is 20.6. The molecule has 2 aliphatic rings. The fourth-order valence-corrected chi connectivity index (χ4v) is 5.27. The Labute approximate surface area is 217 Å². The standard InChI is InChI=1S/C27H25F2N7O2/c1-38-15-25-21(26(37)32-10-19-6-18-9-31-5-4-24(18)33-19)12-36(34-25)11-16-2-3-20(7-17(16)8-30)35-13-22-23(14-35)27(22,28)29/h2-7,9,12,22-23,33H,10-11,13-15H2,1H3,(H,32,37). The Morgan fingerprint density at radius 1 is 1.29 bits per heavy atom. The lowest BCUT2D eigenvalue weighted by atomic mass is 10.1. The maximum Gasteiger partial charge on any atom is 0.258 e. The van der Waals surface area contributed by atoms with Crippen molar-refractivity contribution in [2.45, 2.75) is 25.6 Å². The van der Waals surface area contributed by atoms with Gasteiger partial charge in [-0.15, -0.1) is 0 Å². The molecule has 4 aromatic rings. The van der Waals surface area contributed by atoms with Crippen LogP contribution in [-0.2, 0) is 24.4 Å². The number of H-pyrrole nitrogens is 1. The van der Waals surface area contributed by atoms with Gasteiger partial charge in [0.05, 0.1) is 48.7 Å². The highest BCUT2D eigenvalue weighted by Gasteiger charge is 2.71. The Bertz CT molecular complexity index is 1520. The number of rotatable bonds is 8. The Kier molecular flexibility index (Phi) is 5.84. The van der Waals surface area contributed by atoms with Gasteiger partial charge in [-0.2, -0.15) is 10.4 Å². The van der Waals surface area contributed by atoms with E-state index in [1.54, 1.807) is 29.3 Å². The first-order valence-electron chi connectivity index (χ1n) is 12.3. The van der Waals surface area contributed by atoms with E-state index < -0.39 is 17.8 Å². The molecule has 1 aliphatic heterocycles. The maximum atomic E-state index is 13.6. The van der Waals surface area contributed by atoms with Gasteiger partial charge in [-0.25, -0.2) is 8.78 Å². The van der Waals surface area contributed by atoms with Gasteiger partial charge in [-0.1, -0.05) is 6.07 Å². The highest BCUT2D eigenvalue weighted by Crippen LogP contribution is 2.59. The second-order valence-corrected chi connectivity index (χ2v) is 9.81. The van der Waals surface area contributed by atoms with Crippen LogP contribution in [0.1, 0.15) is 32.9 Å². The largest absolute Gasteiger partial charge is 0.378 e. The summed E-state index contributed by atoms with van der Waals surface area (Å²) in [5, 5.41) is 18.2. The number of fused-ring (bicyclic) bond motifs is 2. The van der Waals surface area contributed by atoms with Crippen molar-refractivity contribution in [1.29, 1.82) is 5.26 Å². The van der Waals surface area contributed by atoms with Crippen molar-refractivity contribution in [3.05, 3.63) is 77.0 Å². The third kappa shape index (κ3) is 4.26. The molecule has 38 heavy (non-hydrogen) atoms. The van der Waals surface area contributed by atoms with Crippen LogP contribution in [0, 0.1) is 23.2 Å². The Hall–Kier alpha value is -4.30. The zero-order valence-electron chi connectivity index (χ0n) is 20.6. The minimum atomic E-state index is -2.55. The van der Waals surface area contributed by atoms with Crippen molar-refractivity contribution >= 4 is 22.5 Å². The fourth-order valence-electron chi connectivity index (χ4n) is 5.27. The van der Waals surface area contributed by atoms with Gasteiger partial charge in [0.15, 0.2) is 0 Å². The third-order valence-electron chi connectivity index (χ3n) is 7.39. The number of aromatic nitrogens is 4. The quantitative estimate of drug-likeness (QED) is 0.370. The van der Waals surface area contributed by atoms with Gasteiger partial charge in [-0.05, 0) is 29.8 Å². The Balaban J connectivity index is 1.16. The molecule has 2 unspecified atom stereocenters. The number of piperidine rings is 1. The number of benzene rings is 1. The molecule has 1 amide bonds. The monoisotopic (exact) mass is 517 g/mol. The predicted molar refractivity (Wildman–Crippen MR) is 135 cm³/mol. The van der Waals surface area contributed by atoms with Crippen molar-refractivity contribution in [1.82, 2.24) is 25.1 Å². The molecule has 1 aromatic carbocycles. The summed E-state index contributed by atoms with van der Waals surface area (Å²) in [6, 6.07) is 11.4. The first-order chi connectivity index (χ1) is 18.4. The van der Waals surface area contributed by atoms with E-state index in [1.165, 1.54) is 7.11 Å². The first kappa shape index (κ1) is 24.1. The van der Waals surface area contributed by atoms with E-state index in [4.69, 9.17) is 4.74 Å². The molecule has 194 valence electrons. The highest BCUT2D eigenvalue weighted by molar-refractivity contribution is 5.95. The number of carbonyl (C=O) groups is 1. The highest BCUT2D eigenvalue weighted by atomic mass is 19.3. The summed E-state index contributed by atoms with van der Waals surface area (Å²) in [5.74, 6) is -4.02. The van der Waals surface area contributed by atoms with Crippen molar-refractivity contribution in [2.24, 2.45) is 11.8 Å². The number of hydrogen-bond donors (Lipinski definition) is 2. The van der Waals surface area contributed by atoms with E-state index in [9.17, 15) is 18.8 Å². The molecule has 2 N–H and O–H groups in total. The number of nitriles is 1. The van der Waals surface area contributed by atoms with Crippen molar-refractivity contribution in [3.8, 4) is 6.07 Å². The Morgan fingerprint density at radius 3 is 2.84 bits per heavy atom. The van der Waals surface area contributed by atoms with Gasteiger partial charge in [0, 0.05) is 61.1 Å². The minimum Gasteiger partial charge on any atom is -0.378 e. The molecule has 2 fully saturated rings. The van der Waals surface area contributed by atoms with Crippen LogP contribution in [0.25, 0.3) is 10.9 Å². The fraction of sp³-hybridized carbons (Fsp3) is 0.333. The summed E-state index contributed by atoms with van der Waals surface area (Å²) in [6.45, 7) is 1.32. The van der Waals surface area contributed by atoms with E-state index in [2.05, 4.69) is 26.5 Å². The number of carbonyl (C=O) groups excluding carboxylic acids is 1. The Morgan fingerprint density at radius 2 is 2.11 bits per heavy atom. The number of pyridine rings is 1. The molecular weight excluding hydrogens is 492 g/mol. The first-order valence-corrected chi connectivity index (χ1v) is 12.3. The molecular formula is C27H25F2N7O2. The van der Waals surface area contributed by atoms with E-state index in [0.717, 1.165) is 27.8 Å². The summed E-state index contributed by atoms with van der Waals surface area (Å²) >= 11 is 0. The van der Waals surface area contributed by atoms with Crippen LogP contribution in [0.5, 0.6) is 0 Å². The molecule has 6 rings (SSSR count). The van der Waals surface area contributed by atoms with Gasteiger partial charge >= 0.3 is 0 Å². The van der Waals surface area contributed by atoms with Gasteiger partial charge in [0.2, 0.25) is 0 Å². The number of hydrogen-bond acceptors (Lipinski definition) is 6. The minimum absolute atomic E-state index is 0.153. The summed E-state index contributed by atoms with van der Waals surface area (Å²) in [5.41, 5.74) is 4.58. The number of alkyl halides is 2. The second-order valence-electron chi connectivity index (χ2n) is 9.81. The van der Waals surface area contributed by atoms with Crippen LogP contribution in [0.15, 0.2) is 48.9 Å². The van der Waals surface area contributed by atoms with Crippen molar-refractivity contribution < 1.29 is 18.3 Å². The number of nitrogens with zero attached hydrogens (tertiary/aromatic N) is 5. The number of aromatic amines is 1. The number of methoxy groups -OCH3 is 1. The maximum absolute atomic E-state index is 13.6. The van der Waals surface area contributed by atoms with Gasteiger partial charge in [0.1, 0.15) is 5.69 Å². The molecule has 1 saturated heterocycles. The lowest BCUT2D eigenvalue weighted by Gasteiger charge is -2.22. The van der Waals surface area contributed by atoms with E-state index in [1.807, 2.05) is 29.2 Å². The lowest BCUT2D eigenvalue weighted by Crippen LogP contribution is -2.27. The van der Waals surface area contributed by atoms with Gasteiger partial charge in [0.25, 0.3) is 11.8 Å². The lowest BCUT2D eigenvalue weighted by molar-refractivity contribution is 0.0797. The summed E-state index contributed by atoms with van der Waals surface area (Å²) < 4.78 is 34.0. The zero-order chi connectivity index (χ0) is 26.4. The second kappa shape index (κ2) is 9.22. The van der Waals surface area contributed by atoms with Crippen LogP contribution in [0.2, 0.25) is 0 Å². The van der Waals surface area contributed by atoms with Crippen LogP contribution in [-0.4, -0.2) is 51.8 Å². The topological polar surface area (TPSA) is 112 Å². The van der Waals surface area contributed by atoms with Gasteiger partial charge < -0.3 is 19.9 Å². The average molecular weight is 518 g/mol. The SMILES string of the molecule is COCc1nn(Cc2ccc(N3CC4C(C3)C4(F)F)cc2C#N)cc1C(=O)NCc1cc2cnccc2[nH]1. The van der Waals surface area contributed by atoms with Crippen LogP contribution in [0.4, 0.5) is 14.5 Å². The molecule has 2 atom stereocenters. The molecule has 11 heteroatoms. The average Bonchev–Trinajstić information content (AvgIpc) is 3.45. The summed E-state index contributed by atoms with van der Waals surface area (Å²) in [6.07, 6.45) is 5.10. The van der Waals surface area contributed by atoms with E-state index in [0.29, 0.717) is 36.5 Å². The van der Waals surface area contributed by atoms with Crippen LogP contribution >= 0.6 is 0 Å². The number of ether oxygens (including phenoxy) is 1. The number of anilines is 1. The normalized spacial score (nSPS) is 19.4. The molecule has 0 spiro atoms. The van der Waals surface area contributed by atoms with Crippen molar-refractivity contribution in [3.63, 3.8) is 0 Å².